The van der Waals surface area contributed by atoms with E-state index in [4.69, 9.17) is 4.74 Å². The highest BCUT2D eigenvalue weighted by atomic mass is 16.5. The van der Waals surface area contributed by atoms with Crippen LogP contribution < -0.4 is 10.6 Å². The number of carbonyl (C=O) groups excluding carboxylic acids is 2. The van der Waals surface area contributed by atoms with E-state index in [1.807, 2.05) is 49.5 Å². The largest absolute Gasteiger partial charge is 0.450 e. The smallest absolute Gasteiger partial charge is 0.407 e. The van der Waals surface area contributed by atoms with Crippen LogP contribution in [0.5, 0.6) is 0 Å². The van der Waals surface area contributed by atoms with Crippen molar-refractivity contribution in [2.45, 2.75) is 76.2 Å². The topological polar surface area (TPSA) is 83.2 Å². The van der Waals surface area contributed by atoms with Crippen LogP contribution in [0.15, 0.2) is 54.7 Å². The summed E-state index contributed by atoms with van der Waals surface area (Å²) in [6.07, 6.45) is 11.7. The lowest BCUT2D eigenvalue weighted by Crippen LogP contribution is -2.48. The minimum Gasteiger partial charge on any atom is -0.450 e. The summed E-state index contributed by atoms with van der Waals surface area (Å²) in [6.45, 7) is 2.39. The number of unbranched alkanes of at least 4 members (excludes halogenated alkanes) is 1. The summed E-state index contributed by atoms with van der Waals surface area (Å²) in [7, 11) is 0. The van der Waals surface area contributed by atoms with Gasteiger partial charge < -0.3 is 20.4 Å². The Bertz CT molecular complexity index is 1260. The molecule has 1 atom stereocenters. The number of alkyl carbamates (subject to hydrolysis) is 1. The predicted octanol–water partition coefficient (Wildman–Crippen LogP) is 6.71. The van der Waals surface area contributed by atoms with Crippen LogP contribution in [0.3, 0.4) is 0 Å². The van der Waals surface area contributed by atoms with Gasteiger partial charge in [0.25, 0.3) is 0 Å². The van der Waals surface area contributed by atoms with Crippen molar-refractivity contribution < 1.29 is 14.3 Å². The molecule has 4 saturated carbocycles. The van der Waals surface area contributed by atoms with Gasteiger partial charge in [0.1, 0.15) is 6.04 Å². The number of nitrogens with one attached hydrogen (secondary N) is 3. The van der Waals surface area contributed by atoms with Gasteiger partial charge in [-0.3, -0.25) is 4.79 Å². The fourth-order valence-electron chi connectivity index (χ4n) is 7.82. The van der Waals surface area contributed by atoms with Gasteiger partial charge in [0, 0.05) is 29.2 Å². The van der Waals surface area contributed by atoms with Gasteiger partial charge in [-0.05, 0) is 97.4 Å². The average molecular weight is 514 g/mol. The summed E-state index contributed by atoms with van der Waals surface area (Å²) < 4.78 is 5.31. The summed E-state index contributed by atoms with van der Waals surface area (Å²) >= 11 is 0. The van der Waals surface area contributed by atoms with E-state index in [2.05, 4.69) is 27.8 Å². The van der Waals surface area contributed by atoms with Crippen molar-refractivity contribution >= 4 is 28.6 Å². The quantitative estimate of drug-likeness (QED) is 0.278. The summed E-state index contributed by atoms with van der Waals surface area (Å²) in [6, 6.07) is 15.8. The van der Waals surface area contributed by atoms with Crippen LogP contribution in [0.4, 0.5) is 10.5 Å². The molecule has 4 aliphatic rings. The molecule has 0 radical (unpaired) electrons. The third-order valence-electron chi connectivity index (χ3n) is 9.24. The zero-order chi connectivity index (χ0) is 26.1. The Morgan fingerprint density at radius 3 is 2.37 bits per heavy atom. The molecule has 4 bridgehead atoms. The fraction of sp³-hybridized carbons (Fsp3) is 0.500. The first-order valence-electron chi connectivity index (χ1n) is 14.4. The molecule has 0 spiro atoms. The van der Waals surface area contributed by atoms with Gasteiger partial charge in [0.2, 0.25) is 5.91 Å². The Morgan fingerprint density at radius 1 is 1.00 bits per heavy atom. The van der Waals surface area contributed by atoms with E-state index in [-0.39, 0.29) is 5.91 Å². The molecule has 1 heterocycles. The highest BCUT2D eigenvalue weighted by Gasteiger charge is 2.51. The van der Waals surface area contributed by atoms with Crippen molar-refractivity contribution in [3.05, 3.63) is 65.9 Å². The molecule has 1 unspecified atom stereocenters. The lowest BCUT2D eigenvalue weighted by Gasteiger charge is -2.57. The highest BCUT2D eigenvalue weighted by Crippen LogP contribution is 2.60. The molecule has 7 rings (SSSR count). The molecule has 200 valence electrons. The van der Waals surface area contributed by atoms with Crippen molar-refractivity contribution in [2.75, 3.05) is 11.9 Å². The summed E-state index contributed by atoms with van der Waals surface area (Å²) in [5.74, 6) is 2.45. The van der Waals surface area contributed by atoms with Gasteiger partial charge in [-0.2, -0.15) is 0 Å². The van der Waals surface area contributed by atoms with E-state index >= 15 is 0 Å². The number of para-hydroxylation sites is 1. The van der Waals surface area contributed by atoms with Crippen LogP contribution in [-0.4, -0.2) is 29.6 Å². The molecular weight excluding hydrogens is 474 g/mol. The van der Waals surface area contributed by atoms with Crippen LogP contribution in [0, 0.1) is 17.8 Å². The third kappa shape index (κ3) is 5.05. The van der Waals surface area contributed by atoms with E-state index in [0.717, 1.165) is 52.7 Å². The van der Waals surface area contributed by atoms with Crippen molar-refractivity contribution in [1.29, 1.82) is 0 Å². The number of ether oxygens (including phenoxy) is 1. The number of amides is 2. The van der Waals surface area contributed by atoms with Gasteiger partial charge in [0.15, 0.2) is 0 Å². The second kappa shape index (κ2) is 10.5. The van der Waals surface area contributed by atoms with Crippen molar-refractivity contribution in [2.24, 2.45) is 17.8 Å². The minimum absolute atomic E-state index is 0.245. The molecule has 4 aliphatic carbocycles. The second-order valence-electron chi connectivity index (χ2n) is 12.0. The van der Waals surface area contributed by atoms with E-state index < -0.39 is 12.1 Å². The SMILES string of the molecule is CCCCOC(=O)NC(Cc1c[nH]c2ccccc12)C(=O)Nc1ccc(C23CC4CC(CC(C4)C2)C3)cc1. The van der Waals surface area contributed by atoms with Crippen LogP contribution in [0.1, 0.15) is 69.4 Å². The minimum atomic E-state index is -0.758. The van der Waals surface area contributed by atoms with Gasteiger partial charge in [-0.1, -0.05) is 43.7 Å². The molecular formula is C32H39N3O3. The molecule has 2 amide bonds. The summed E-state index contributed by atoms with van der Waals surface area (Å²) in [5, 5.41) is 6.92. The number of carbonyl (C=O) groups is 2. The molecule has 4 fully saturated rings. The normalized spacial score (nSPS) is 26.3. The maximum atomic E-state index is 13.5. The van der Waals surface area contributed by atoms with Gasteiger partial charge >= 0.3 is 6.09 Å². The molecule has 3 aromatic rings. The van der Waals surface area contributed by atoms with Gasteiger partial charge in [0.05, 0.1) is 6.61 Å². The van der Waals surface area contributed by atoms with Gasteiger partial charge in [-0.25, -0.2) is 4.79 Å². The lowest BCUT2D eigenvalue weighted by atomic mass is 9.48. The number of fused-ring (bicyclic) bond motifs is 1. The molecule has 3 N–H and O–H groups in total. The van der Waals surface area contributed by atoms with Crippen molar-refractivity contribution in [3.63, 3.8) is 0 Å². The van der Waals surface area contributed by atoms with Crippen molar-refractivity contribution in [1.82, 2.24) is 10.3 Å². The number of benzene rings is 2. The van der Waals surface area contributed by atoms with E-state index in [0.29, 0.717) is 18.4 Å². The average Bonchev–Trinajstić information content (AvgIpc) is 3.31. The van der Waals surface area contributed by atoms with Gasteiger partial charge in [-0.15, -0.1) is 0 Å². The van der Waals surface area contributed by atoms with Crippen LogP contribution in [0.2, 0.25) is 0 Å². The molecule has 2 aromatic carbocycles. The van der Waals surface area contributed by atoms with Crippen molar-refractivity contribution in [3.8, 4) is 0 Å². The Morgan fingerprint density at radius 2 is 1.68 bits per heavy atom. The first kappa shape index (κ1) is 25.0. The molecule has 38 heavy (non-hydrogen) atoms. The maximum Gasteiger partial charge on any atom is 0.407 e. The Kier molecular flexibility index (Phi) is 6.89. The number of hydrogen-bond acceptors (Lipinski definition) is 3. The first-order valence-corrected chi connectivity index (χ1v) is 14.4. The number of rotatable bonds is 9. The number of hydrogen-bond donors (Lipinski definition) is 3. The molecule has 0 aliphatic heterocycles. The maximum absolute atomic E-state index is 13.5. The van der Waals surface area contributed by atoms with E-state index in [9.17, 15) is 9.59 Å². The van der Waals surface area contributed by atoms with Crippen LogP contribution in [-0.2, 0) is 21.4 Å². The zero-order valence-corrected chi connectivity index (χ0v) is 22.3. The van der Waals surface area contributed by atoms with E-state index in [1.54, 1.807) is 0 Å². The molecule has 6 nitrogen and oxygen atoms in total. The second-order valence-corrected chi connectivity index (χ2v) is 12.0. The Labute approximate surface area is 224 Å². The number of aromatic amines is 1. The van der Waals surface area contributed by atoms with E-state index in [1.165, 1.54) is 44.1 Å². The lowest BCUT2D eigenvalue weighted by molar-refractivity contribution is -0.118. The first-order chi connectivity index (χ1) is 18.5. The number of anilines is 1. The summed E-state index contributed by atoms with van der Waals surface area (Å²) in [5.41, 5.74) is 4.51. The standard InChI is InChI=1S/C32H39N3O3/c1-2-3-12-38-31(37)35-29(16-24-20-33-28-7-5-4-6-27(24)28)30(36)34-26-10-8-25(9-11-26)32-17-21-13-22(18-32)15-23(14-21)19-32/h4-11,20-23,29,33H,2-3,12-19H2,1H3,(H,34,36)(H,35,37). The summed E-state index contributed by atoms with van der Waals surface area (Å²) in [4.78, 5) is 29.2. The zero-order valence-electron chi connectivity index (χ0n) is 22.3. The fourth-order valence-corrected chi connectivity index (χ4v) is 7.82. The monoisotopic (exact) mass is 513 g/mol. The highest BCUT2D eigenvalue weighted by molar-refractivity contribution is 5.97. The number of H-pyrrole nitrogens is 1. The molecule has 1 aromatic heterocycles. The third-order valence-corrected chi connectivity index (χ3v) is 9.24. The Hall–Kier alpha value is -3.28. The molecule has 0 saturated heterocycles. The predicted molar refractivity (Wildman–Crippen MR) is 150 cm³/mol. The van der Waals surface area contributed by atoms with Crippen LogP contribution in [0.25, 0.3) is 10.9 Å². The molecule has 6 heteroatoms. The Balaban J connectivity index is 1.16. The number of aromatic nitrogens is 1. The van der Waals surface area contributed by atoms with Crippen LogP contribution >= 0.6 is 0 Å².